The van der Waals surface area contributed by atoms with Crippen LogP contribution >= 0.6 is 0 Å². The Kier molecular flexibility index (Phi) is 4.82. The molecule has 2 atom stereocenters. The molecule has 2 unspecified atom stereocenters. The summed E-state index contributed by atoms with van der Waals surface area (Å²) in [5.74, 6) is 1.90. The fourth-order valence-electron chi connectivity index (χ4n) is 1.69. The Morgan fingerprint density at radius 3 is 2.73 bits per heavy atom. The van der Waals surface area contributed by atoms with Crippen LogP contribution in [0.25, 0.3) is 0 Å². The van der Waals surface area contributed by atoms with Crippen molar-refractivity contribution in [1.29, 1.82) is 0 Å². The molecule has 1 aromatic heterocycles. The average molecular weight is 209 g/mol. The number of nitrogens with one attached hydrogen (secondary N) is 1. The first kappa shape index (κ1) is 12.2. The molecule has 3 nitrogen and oxygen atoms in total. The number of aryl methyl sites for hydroxylation is 1. The third-order valence-corrected chi connectivity index (χ3v) is 2.98. The SMILES string of the molecule is CCC(C)CC(C)NCc1nccn1C. The lowest BCUT2D eigenvalue weighted by molar-refractivity contribution is 0.407. The van der Waals surface area contributed by atoms with Gasteiger partial charge in [-0.15, -0.1) is 0 Å². The Bertz CT molecular complexity index is 280. The van der Waals surface area contributed by atoms with Crippen molar-refractivity contribution in [3.63, 3.8) is 0 Å². The van der Waals surface area contributed by atoms with Gasteiger partial charge >= 0.3 is 0 Å². The van der Waals surface area contributed by atoms with E-state index in [0.29, 0.717) is 6.04 Å². The van der Waals surface area contributed by atoms with Gasteiger partial charge in [-0.1, -0.05) is 20.3 Å². The Hall–Kier alpha value is -0.830. The minimum atomic E-state index is 0.566. The van der Waals surface area contributed by atoms with E-state index in [4.69, 9.17) is 0 Å². The molecule has 0 aromatic carbocycles. The van der Waals surface area contributed by atoms with E-state index in [-0.39, 0.29) is 0 Å². The third kappa shape index (κ3) is 4.04. The first-order chi connectivity index (χ1) is 7.13. The number of hydrogen-bond acceptors (Lipinski definition) is 2. The lowest BCUT2D eigenvalue weighted by Gasteiger charge is -2.17. The molecule has 0 bridgehead atoms. The van der Waals surface area contributed by atoms with Gasteiger partial charge in [0.1, 0.15) is 5.82 Å². The van der Waals surface area contributed by atoms with Crippen LogP contribution in [-0.4, -0.2) is 15.6 Å². The second-order valence-electron chi connectivity index (χ2n) is 4.49. The van der Waals surface area contributed by atoms with Gasteiger partial charge in [0.15, 0.2) is 0 Å². The van der Waals surface area contributed by atoms with Crippen LogP contribution < -0.4 is 5.32 Å². The molecule has 86 valence electrons. The van der Waals surface area contributed by atoms with E-state index < -0.39 is 0 Å². The molecule has 0 radical (unpaired) electrons. The van der Waals surface area contributed by atoms with Gasteiger partial charge in [-0.3, -0.25) is 0 Å². The molecule has 0 spiro atoms. The minimum absolute atomic E-state index is 0.566. The molecule has 1 N–H and O–H groups in total. The second kappa shape index (κ2) is 5.91. The summed E-state index contributed by atoms with van der Waals surface area (Å²) in [5, 5.41) is 3.51. The average Bonchev–Trinajstić information content (AvgIpc) is 2.61. The van der Waals surface area contributed by atoms with E-state index >= 15 is 0 Å². The molecule has 0 saturated heterocycles. The summed E-state index contributed by atoms with van der Waals surface area (Å²) in [6.45, 7) is 7.66. The molecule has 0 aliphatic rings. The first-order valence-corrected chi connectivity index (χ1v) is 5.83. The topological polar surface area (TPSA) is 29.9 Å². The van der Waals surface area contributed by atoms with Crippen molar-refractivity contribution >= 4 is 0 Å². The van der Waals surface area contributed by atoms with E-state index in [0.717, 1.165) is 18.3 Å². The summed E-state index contributed by atoms with van der Waals surface area (Å²) in [5.41, 5.74) is 0. The number of rotatable bonds is 6. The molecule has 3 heteroatoms. The van der Waals surface area contributed by atoms with Crippen LogP contribution in [0.2, 0.25) is 0 Å². The molecular formula is C12H23N3. The monoisotopic (exact) mass is 209 g/mol. The third-order valence-electron chi connectivity index (χ3n) is 2.98. The highest BCUT2D eigenvalue weighted by Gasteiger charge is 2.07. The molecule has 0 saturated carbocycles. The summed E-state index contributed by atoms with van der Waals surface area (Å²) in [4.78, 5) is 4.29. The van der Waals surface area contributed by atoms with Gasteiger partial charge in [0.05, 0.1) is 6.54 Å². The van der Waals surface area contributed by atoms with Gasteiger partial charge in [-0.25, -0.2) is 4.98 Å². The maximum Gasteiger partial charge on any atom is 0.122 e. The van der Waals surface area contributed by atoms with Crippen LogP contribution in [0.15, 0.2) is 12.4 Å². The fourth-order valence-corrected chi connectivity index (χ4v) is 1.69. The van der Waals surface area contributed by atoms with Gasteiger partial charge in [-0.05, 0) is 19.3 Å². The lowest BCUT2D eigenvalue weighted by atomic mass is 10.0. The lowest BCUT2D eigenvalue weighted by Crippen LogP contribution is -2.28. The molecule has 0 amide bonds. The standard InChI is InChI=1S/C12H23N3/c1-5-10(2)8-11(3)14-9-12-13-6-7-15(12)4/h6-7,10-11,14H,5,8-9H2,1-4H3. The Labute approximate surface area is 92.9 Å². The maximum absolute atomic E-state index is 4.29. The predicted molar refractivity (Wildman–Crippen MR) is 63.6 cm³/mol. The minimum Gasteiger partial charge on any atom is -0.337 e. The molecule has 0 fully saturated rings. The highest BCUT2D eigenvalue weighted by molar-refractivity contribution is 4.90. The highest BCUT2D eigenvalue weighted by Crippen LogP contribution is 2.09. The summed E-state index contributed by atoms with van der Waals surface area (Å²) >= 11 is 0. The number of imidazole rings is 1. The van der Waals surface area contributed by atoms with Crippen LogP contribution in [0.4, 0.5) is 0 Å². The van der Waals surface area contributed by atoms with Crippen molar-refractivity contribution in [3.05, 3.63) is 18.2 Å². The zero-order valence-electron chi connectivity index (χ0n) is 10.3. The first-order valence-electron chi connectivity index (χ1n) is 5.83. The van der Waals surface area contributed by atoms with Crippen LogP contribution in [0.3, 0.4) is 0 Å². The van der Waals surface area contributed by atoms with Crippen molar-refractivity contribution < 1.29 is 0 Å². The van der Waals surface area contributed by atoms with Gasteiger partial charge < -0.3 is 9.88 Å². The normalized spacial score (nSPS) is 15.2. The molecule has 1 rings (SSSR count). The molecule has 1 aromatic rings. The predicted octanol–water partition coefficient (Wildman–Crippen LogP) is 2.33. The molecule has 0 aliphatic heterocycles. The second-order valence-corrected chi connectivity index (χ2v) is 4.49. The Morgan fingerprint density at radius 2 is 2.20 bits per heavy atom. The van der Waals surface area contributed by atoms with Crippen molar-refractivity contribution in [2.24, 2.45) is 13.0 Å². The number of hydrogen-bond donors (Lipinski definition) is 1. The van der Waals surface area contributed by atoms with Crippen molar-refractivity contribution in [2.75, 3.05) is 0 Å². The van der Waals surface area contributed by atoms with E-state index in [2.05, 4.69) is 35.6 Å². The smallest absolute Gasteiger partial charge is 0.122 e. The van der Waals surface area contributed by atoms with E-state index in [1.165, 1.54) is 12.8 Å². The van der Waals surface area contributed by atoms with E-state index in [9.17, 15) is 0 Å². The highest BCUT2D eigenvalue weighted by atomic mass is 15.1. The Balaban J connectivity index is 2.28. The van der Waals surface area contributed by atoms with Crippen molar-refractivity contribution in [3.8, 4) is 0 Å². The van der Waals surface area contributed by atoms with Crippen molar-refractivity contribution in [2.45, 2.75) is 46.2 Å². The number of nitrogens with zero attached hydrogens (tertiary/aromatic N) is 2. The zero-order chi connectivity index (χ0) is 11.3. The summed E-state index contributed by atoms with van der Waals surface area (Å²) in [7, 11) is 2.03. The largest absolute Gasteiger partial charge is 0.337 e. The quantitative estimate of drug-likeness (QED) is 0.779. The molecule has 1 heterocycles. The fraction of sp³-hybridized carbons (Fsp3) is 0.750. The Morgan fingerprint density at radius 1 is 1.47 bits per heavy atom. The summed E-state index contributed by atoms with van der Waals surface area (Å²) < 4.78 is 2.06. The van der Waals surface area contributed by atoms with E-state index in [1.807, 2.05) is 19.4 Å². The van der Waals surface area contributed by atoms with Crippen LogP contribution in [-0.2, 0) is 13.6 Å². The summed E-state index contributed by atoms with van der Waals surface area (Å²) in [6.07, 6.45) is 6.32. The van der Waals surface area contributed by atoms with Gasteiger partial charge in [-0.2, -0.15) is 0 Å². The van der Waals surface area contributed by atoms with Crippen LogP contribution in [0.5, 0.6) is 0 Å². The van der Waals surface area contributed by atoms with Gasteiger partial charge in [0.25, 0.3) is 0 Å². The van der Waals surface area contributed by atoms with Gasteiger partial charge in [0.2, 0.25) is 0 Å². The number of aromatic nitrogens is 2. The van der Waals surface area contributed by atoms with E-state index in [1.54, 1.807) is 0 Å². The summed E-state index contributed by atoms with van der Waals surface area (Å²) in [6, 6.07) is 0.566. The van der Waals surface area contributed by atoms with Crippen LogP contribution in [0.1, 0.15) is 39.4 Å². The molecule has 0 aliphatic carbocycles. The van der Waals surface area contributed by atoms with Gasteiger partial charge in [0, 0.05) is 25.5 Å². The van der Waals surface area contributed by atoms with Crippen LogP contribution in [0, 0.1) is 5.92 Å². The molecule has 15 heavy (non-hydrogen) atoms. The maximum atomic E-state index is 4.29. The molecular weight excluding hydrogens is 186 g/mol. The van der Waals surface area contributed by atoms with Crippen molar-refractivity contribution in [1.82, 2.24) is 14.9 Å². The zero-order valence-corrected chi connectivity index (χ0v) is 10.3.